The fourth-order valence-electron chi connectivity index (χ4n) is 1.71. The molecule has 1 aliphatic rings. The predicted molar refractivity (Wildman–Crippen MR) is 57.6 cm³/mol. The molecular formula is C12H9NS. The van der Waals surface area contributed by atoms with E-state index in [0.717, 1.165) is 11.4 Å². The second kappa shape index (κ2) is 3.14. The Morgan fingerprint density at radius 2 is 1.86 bits per heavy atom. The van der Waals surface area contributed by atoms with Gasteiger partial charge in [0.05, 0.1) is 0 Å². The van der Waals surface area contributed by atoms with Crippen molar-refractivity contribution in [2.75, 3.05) is 0 Å². The minimum Gasteiger partial charge on any atom is -0.249 e. The molecule has 0 bridgehead atoms. The molecule has 0 radical (unpaired) electrons. The highest BCUT2D eigenvalue weighted by Gasteiger charge is 2.15. The minimum absolute atomic E-state index is 1.02. The Kier molecular flexibility index (Phi) is 1.81. The summed E-state index contributed by atoms with van der Waals surface area (Å²) in [5, 5.41) is 1.16. The number of rotatable bonds is 0. The van der Waals surface area contributed by atoms with Crippen LogP contribution in [0.4, 0.5) is 0 Å². The topological polar surface area (TPSA) is 12.9 Å². The molecule has 0 aliphatic carbocycles. The fourth-order valence-corrected chi connectivity index (χ4v) is 2.72. The van der Waals surface area contributed by atoms with Crippen molar-refractivity contribution >= 4 is 11.8 Å². The molecule has 0 amide bonds. The highest BCUT2D eigenvalue weighted by molar-refractivity contribution is 7.99. The van der Waals surface area contributed by atoms with Gasteiger partial charge in [0.1, 0.15) is 5.03 Å². The summed E-state index contributed by atoms with van der Waals surface area (Å²) < 4.78 is 0. The molecule has 1 aromatic carbocycles. The summed E-state index contributed by atoms with van der Waals surface area (Å²) in [6.45, 7) is 0. The van der Waals surface area contributed by atoms with Crippen molar-refractivity contribution in [1.29, 1.82) is 0 Å². The molecule has 0 N–H and O–H groups in total. The third-order valence-electron chi connectivity index (χ3n) is 2.41. The molecule has 0 atom stereocenters. The van der Waals surface area contributed by atoms with E-state index in [1.807, 2.05) is 12.3 Å². The molecule has 1 nitrogen and oxygen atoms in total. The van der Waals surface area contributed by atoms with Crippen LogP contribution in [-0.2, 0) is 6.42 Å². The van der Waals surface area contributed by atoms with E-state index < -0.39 is 0 Å². The first-order valence-electron chi connectivity index (χ1n) is 4.63. The van der Waals surface area contributed by atoms with E-state index in [4.69, 9.17) is 0 Å². The van der Waals surface area contributed by atoms with Crippen LogP contribution in [0, 0.1) is 0 Å². The number of hydrogen-bond acceptors (Lipinski definition) is 2. The van der Waals surface area contributed by atoms with Crippen molar-refractivity contribution in [1.82, 2.24) is 4.98 Å². The van der Waals surface area contributed by atoms with Crippen LogP contribution >= 0.6 is 11.8 Å². The molecule has 0 fully saturated rings. The van der Waals surface area contributed by atoms with Crippen LogP contribution in [0.2, 0.25) is 0 Å². The number of pyridine rings is 1. The quantitative estimate of drug-likeness (QED) is 0.551. The second-order valence-electron chi connectivity index (χ2n) is 3.35. The Bertz CT molecular complexity index is 392. The Balaban J connectivity index is 2.12. The molecule has 2 aromatic rings. The molecule has 0 saturated heterocycles. The van der Waals surface area contributed by atoms with Crippen molar-refractivity contribution in [3.8, 4) is 0 Å². The number of aromatic nitrogens is 1. The lowest BCUT2D eigenvalue weighted by Gasteiger charge is -2.16. The van der Waals surface area contributed by atoms with Gasteiger partial charge >= 0.3 is 0 Å². The van der Waals surface area contributed by atoms with Crippen molar-refractivity contribution < 1.29 is 0 Å². The van der Waals surface area contributed by atoms with E-state index in [1.54, 1.807) is 11.8 Å². The first-order chi connectivity index (χ1) is 6.93. The molecule has 2 heteroatoms. The molecule has 3 rings (SSSR count). The van der Waals surface area contributed by atoms with Gasteiger partial charge in [-0.2, -0.15) is 0 Å². The van der Waals surface area contributed by atoms with Crippen LogP contribution in [0.25, 0.3) is 0 Å². The number of benzene rings is 1. The monoisotopic (exact) mass is 199 g/mol. The first-order valence-corrected chi connectivity index (χ1v) is 5.45. The predicted octanol–water partition coefficient (Wildman–Crippen LogP) is 3.14. The molecule has 68 valence electrons. The van der Waals surface area contributed by atoms with E-state index in [2.05, 4.69) is 35.3 Å². The highest BCUT2D eigenvalue weighted by atomic mass is 32.2. The van der Waals surface area contributed by atoms with E-state index >= 15 is 0 Å². The normalized spacial score (nSPS) is 13.1. The van der Waals surface area contributed by atoms with Crippen LogP contribution < -0.4 is 0 Å². The van der Waals surface area contributed by atoms with Gasteiger partial charge in [-0.3, -0.25) is 0 Å². The number of nitrogens with zero attached hydrogens (tertiary/aromatic N) is 1. The van der Waals surface area contributed by atoms with Crippen LogP contribution in [0.15, 0.2) is 52.5 Å². The molecule has 0 saturated carbocycles. The third-order valence-corrected chi connectivity index (χ3v) is 3.59. The van der Waals surface area contributed by atoms with E-state index in [0.29, 0.717) is 0 Å². The fraction of sp³-hybridized carbons (Fsp3) is 0.0833. The van der Waals surface area contributed by atoms with Gasteiger partial charge in [-0.15, -0.1) is 0 Å². The molecule has 0 unspecified atom stereocenters. The Labute approximate surface area is 87.2 Å². The van der Waals surface area contributed by atoms with Crippen molar-refractivity contribution in [2.24, 2.45) is 0 Å². The van der Waals surface area contributed by atoms with Gasteiger partial charge in [0.2, 0.25) is 0 Å². The van der Waals surface area contributed by atoms with Gasteiger partial charge in [0, 0.05) is 17.5 Å². The lowest BCUT2D eigenvalue weighted by molar-refractivity contribution is 0.976. The zero-order chi connectivity index (χ0) is 9.38. The SMILES string of the molecule is c1ccc2c(c1)Cc1cccnc1S2. The standard InChI is InChI=1S/C12H9NS/c1-2-6-11-9(4-1)8-10-5-3-7-13-12(10)14-11/h1-7H,8H2. The number of fused-ring (bicyclic) bond motifs is 2. The minimum atomic E-state index is 1.02. The summed E-state index contributed by atoms with van der Waals surface area (Å²) in [4.78, 5) is 5.73. The summed E-state index contributed by atoms with van der Waals surface area (Å²) >= 11 is 1.77. The molecule has 1 aliphatic heterocycles. The van der Waals surface area contributed by atoms with Crippen LogP contribution in [-0.4, -0.2) is 4.98 Å². The smallest absolute Gasteiger partial charge is 0.104 e. The zero-order valence-corrected chi connectivity index (χ0v) is 8.42. The highest BCUT2D eigenvalue weighted by Crippen LogP contribution is 2.37. The Morgan fingerprint density at radius 3 is 2.86 bits per heavy atom. The molecule has 1 aromatic heterocycles. The average Bonchev–Trinajstić information content (AvgIpc) is 2.26. The van der Waals surface area contributed by atoms with Gasteiger partial charge in [-0.05, 0) is 23.3 Å². The van der Waals surface area contributed by atoms with Gasteiger partial charge in [0.25, 0.3) is 0 Å². The van der Waals surface area contributed by atoms with Gasteiger partial charge < -0.3 is 0 Å². The lowest BCUT2D eigenvalue weighted by Crippen LogP contribution is -2.00. The van der Waals surface area contributed by atoms with E-state index in [9.17, 15) is 0 Å². The molecule has 0 spiro atoms. The van der Waals surface area contributed by atoms with Crippen LogP contribution in [0.1, 0.15) is 11.1 Å². The van der Waals surface area contributed by atoms with Crippen molar-refractivity contribution in [3.05, 3.63) is 53.7 Å². The molecule has 2 heterocycles. The van der Waals surface area contributed by atoms with Crippen LogP contribution in [0.3, 0.4) is 0 Å². The van der Waals surface area contributed by atoms with Gasteiger partial charge in [0.15, 0.2) is 0 Å². The maximum Gasteiger partial charge on any atom is 0.104 e. The maximum atomic E-state index is 4.38. The average molecular weight is 199 g/mol. The Hall–Kier alpha value is -1.28. The summed E-state index contributed by atoms with van der Waals surface area (Å²) in [5.41, 5.74) is 2.76. The lowest BCUT2D eigenvalue weighted by atomic mass is 10.1. The Morgan fingerprint density at radius 1 is 1.00 bits per heavy atom. The second-order valence-corrected chi connectivity index (χ2v) is 4.38. The van der Waals surface area contributed by atoms with E-state index in [-0.39, 0.29) is 0 Å². The van der Waals surface area contributed by atoms with Gasteiger partial charge in [-0.1, -0.05) is 36.0 Å². The number of hydrogen-bond donors (Lipinski definition) is 0. The van der Waals surface area contributed by atoms with Crippen molar-refractivity contribution in [2.45, 2.75) is 16.3 Å². The summed E-state index contributed by atoms with van der Waals surface area (Å²) in [5.74, 6) is 0. The van der Waals surface area contributed by atoms with E-state index in [1.165, 1.54) is 16.0 Å². The molecule has 14 heavy (non-hydrogen) atoms. The maximum absolute atomic E-state index is 4.38. The third kappa shape index (κ3) is 1.23. The van der Waals surface area contributed by atoms with Gasteiger partial charge in [-0.25, -0.2) is 4.98 Å². The summed E-state index contributed by atoms with van der Waals surface area (Å²) in [7, 11) is 0. The summed E-state index contributed by atoms with van der Waals surface area (Å²) in [6, 6.07) is 12.7. The molecular weight excluding hydrogens is 190 g/mol. The van der Waals surface area contributed by atoms with Crippen molar-refractivity contribution in [3.63, 3.8) is 0 Å². The van der Waals surface area contributed by atoms with Crippen LogP contribution in [0.5, 0.6) is 0 Å². The zero-order valence-electron chi connectivity index (χ0n) is 7.60. The largest absolute Gasteiger partial charge is 0.249 e. The first kappa shape index (κ1) is 8.06. The summed E-state index contributed by atoms with van der Waals surface area (Å²) in [6.07, 6.45) is 2.88.